The number of hydrogen-bond acceptors (Lipinski definition) is 3. The summed E-state index contributed by atoms with van der Waals surface area (Å²) in [6.07, 6.45) is 0. The number of aliphatic hydroxyl groups excluding tert-OH is 1. The van der Waals surface area contributed by atoms with Gasteiger partial charge in [-0.1, -0.05) is 33.8 Å². The number of hydrogen-bond donors (Lipinski definition) is 2. The molecule has 3 heteroatoms. The SMILES string of the molecule is COc1ccc(C(C)C)cc1NCC(C)(C)CO. The molecule has 0 amide bonds. The van der Waals surface area contributed by atoms with Crippen LogP contribution in [0.5, 0.6) is 5.75 Å². The predicted octanol–water partition coefficient (Wildman–Crippen LogP) is 3.25. The molecular formula is C15H25NO2. The maximum absolute atomic E-state index is 9.27. The summed E-state index contributed by atoms with van der Waals surface area (Å²) in [4.78, 5) is 0. The monoisotopic (exact) mass is 251 g/mol. The zero-order valence-corrected chi connectivity index (χ0v) is 12.1. The molecule has 0 unspecified atom stereocenters. The number of methoxy groups -OCH3 is 1. The molecule has 1 aromatic rings. The molecule has 1 aromatic carbocycles. The van der Waals surface area contributed by atoms with Gasteiger partial charge in [-0.2, -0.15) is 0 Å². The minimum absolute atomic E-state index is 0.140. The van der Waals surface area contributed by atoms with Gasteiger partial charge < -0.3 is 15.2 Å². The number of anilines is 1. The molecule has 0 saturated heterocycles. The summed E-state index contributed by atoms with van der Waals surface area (Å²) in [5, 5.41) is 12.6. The zero-order valence-electron chi connectivity index (χ0n) is 12.1. The summed E-state index contributed by atoms with van der Waals surface area (Å²) in [7, 11) is 1.67. The van der Waals surface area contributed by atoms with Gasteiger partial charge in [0.2, 0.25) is 0 Å². The minimum atomic E-state index is -0.140. The summed E-state index contributed by atoms with van der Waals surface area (Å²) < 4.78 is 5.35. The third kappa shape index (κ3) is 3.91. The Bertz CT molecular complexity index is 386. The second-order valence-corrected chi connectivity index (χ2v) is 5.79. The first-order valence-corrected chi connectivity index (χ1v) is 6.42. The second-order valence-electron chi connectivity index (χ2n) is 5.79. The second kappa shape index (κ2) is 6.10. The molecule has 0 aromatic heterocycles. The molecule has 0 heterocycles. The zero-order chi connectivity index (χ0) is 13.8. The van der Waals surface area contributed by atoms with Crippen LogP contribution in [0, 0.1) is 5.41 Å². The smallest absolute Gasteiger partial charge is 0.141 e. The van der Waals surface area contributed by atoms with Crippen molar-refractivity contribution < 1.29 is 9.84 Å². The number of aliphatic hydroxyl groups is 1. The van der Waals surface area contributed by atoms with E-state index in [0.29, 0.717) is 12.5 Å². The van der Waals surface area contributed by atoms with Crippen LogP contribution in [0.4, 0.5) is 5.69 Å². The largest absolute Gasteiger partial charge is 0.495 e. The standard InChI is InChI=1S/C15H25NO2/c1-11(2)12-6-7-14(18-5)13(8-12)16-9-15(3,4)10-17/h6-8,11,16-17H,9-10H2,1-5H3. The van der Waals surface area contributed by atoms with Crippen LogP contribution in [0.25, 0.3) is 0 Å². The lowest BCUT2D eigenvalue weighted by atomic mass is 9.94. The van der Waals surface area contributed by atoms with Gasteiger partial charge in [0.15, 0.2) is 0 Å². The third-order valence-corrected chi connectivity index (χ3v) is 3.08. The Hall–Kier alpha value is -1.22. The molecule has 0 aliphatic carbocycles. The van der Waals surface area contributed by atoms with E-state index in [-0.39, 0.29) is 12.0 Å². The Morgan fingerprint density at radius 1 is 1.33 bits per heavy atom. The lowest BCUT2D eigenvalue weighted by Crippen LogP contribution is -2.27. The quantitative estimate of drug-likeness (QED) is 0.815. The van der Waals surface area contributed by atoms with Crippen molar-refractivity contribution in [2.24, 2.45) is 5.41 Å². The lowest BCUT2D eigenvalue weighted by Gasteiger charge is -2.24. The van der Waals surface area contributed by atoms with E-state index in [1.165, 1.54) is 5.56 Å². The molecule has 0 fully saturated rings. The van der Waals surface area contributed by atoms with E-state index in [4.69, 9.17) is 4.74 Å². The molecule has 3 nitrogen and oxygen atoms in total. The van der Waals surface area contributed by atoms with Gasteiger partial charge in [-0.3, -0.25) is 0 Å². The fraction of sp³-hybridized carbons (Fsp3) is 0.600. The number of ether oxygens (including phenoxy) is 1. The fourth-order valence-electron chi connectivity index (χ4n) is 1.61. The molecule has 0 aliphatic rings. The number of benzene rings is 1. The molecule has 0 radical (unpaired) electrons. The molecular weight excluding hydrogens is 226 g/mol. The van der Waals surface area contributed by atoms with Crippen LogP contribution in [0.1, 0.15) is 39.2 Å². The average Bonchev–Trinajstić information content (AvgIpc) is 2.36. The van der Waals surface area contributed by atoms with E-state index in [0.717, 1.165) is 11.4 Å². The van der Waals surface area contributed by atoms with Crippen LogP contribution in [-0.2, 0) is 0 Å². The molecule has 2 N–H and O–H groups in total. The van der Waals surface area contributed by atoms with Crippen LogP contribution in [0.3, 0.4) is 0 Å². The van der Waals surface area contributed by atoms with Gasteiger partial charge in [0.25, 0.3) is 0 Å². The van der Waals surface area contributed by atoms with Crippen molar-refractivity contribution in [2.45, 2.75) is 33.6 Å². The van der Waals surface area contributed by atoms with Crippen molar-refractivity contribution in [3.05, 3.63) is 23.8 Å². The highest BCUT2D eigenvalue weighted by atomic mass is 16.5. The molecule has 18 heavy (non-hydrogen) atoms. The van der Waals surface area contributed by atoms with Crippen LogP contribution in [0.15, 0.2) is 18.2 Å². The summed E-state index contributed by atoms with van der Waals surface area (Å²) in [6.45, 7) is 9.26. The van der Waals surface area contributed by atoms with Crippen molar-refractivity contribution in [3.8, 4) is 5.75 Å². The molecule has 0 atom stereocenters. The Labute approximate surface area is 110 Å². The van der Waals surface area contributed by atoms with Crippen LogP contribution < -0.4 is 10.1 Å². The van der Waals surface area contributed by atoms with Gasteiger partial charge >= 0.3 is 0 Å². The third-order valence-electron chi connectivity index (χ3n) is 3.08. The van der Waals surface area contributed by atoms with Crippen molar-refractivity contribution in [1.29, 1.82) is 0 Å². The minimum Gasteiger partial charge on any atom is -0.495 e. The van der Waals surface area contributed by atoms with Crippen molar-refractivity contribution >= 4 is 5.69 Å². The van der Waals surface area contributed by atoms with Crippen molar-refractivity contribution in [3.63, 3.8) is 0 Å². The fourth-order valence-corrected chi connectivity index (χ4v) is 1.61. The summed E-state index contributed by atoms with van der Waals surface area (Å²) in [5.41, 5.74) is 2.13. The maximum atomic E-state index is 9.27. The molecule has 0 bridgehead atoms. The van der Waals surface area contributed by atoms with E-state index in [1.807, 2.05) is 19.9 Å². The summed E-state index contributed by atoms with van der Waals surface area (Å²) in [5.74, 6) is 1.33. The predicted molar refractivity (Wildman–Crippen MR) is 76.4 cm³/mol. The van der Waals surface area contributed by atoms with Crippen molar-refractivity contribution in [2.75, 3.05) is 25.6 Å². The summed E-state index contributed by atoms with van der Waals surface area (Å²) >= 11 is 0. The molecule has 1 rings (SSSR count). The van der Waals surface area contributed by atoms with E-state index in [2.05, 4.69) is 31.3 Å². The van der Waals surface area contributed by atoms with E-state index in [9.17, 15) is 5.11 Å². The van der Waals surface area contributed by atoms with Gasteiger partial charge in [0.1, 0.15) is 5.75 Å². The first-order chi connectivity index (χ1) is 8.39. The Kier molecular flexibility index (Phi) is 5.03. The van der Waals surface area contributed by atoms with E-state index >= 15 is 0 Å². The first-order valence-electron chi connectivity index (χ1n) is 6.42. The van der Waals surface area contributed by atoms with Crippen LogP contribution >= 0.6 is 0 Å². The molecule has 0 saturated carbocycles. The number of rotatable bonds is 6. The van der Waals surface area contributed by atoms with Crippen molar-refractivity contribution in [1.82, 2.24) is 0 Å². The maximum Gasteiger partial charge on any atom is 0.141 e. The average molecular weight is 251 g/mol. The first kappa shape index (κ1) is 14.8. The Morgan fingerprint density at radius 2 is 2.00 bits per heavy atom. The molecule has 0 aliphatic heterocycles. The van der Waals surface area contributed by atoms with Gasteiger partial charge in [0, 0.05) is 18.6 Å². The summed E-state index contributed by atoms with van der Waals surface area (Å²) in [6, 6.07) is 6.20. The number of nitrogens with one attached hydrogen (secondary N) is 1. The lowest BCUT2D eigenvalue weighted by molar-refractivity contribution is 0.170. The highest BCUT2D eigenvalue weighted by Gasteiger charge is 2.17. The Morgan fingerprint density at radius 3 is 2.50 bits per heavy atom. The normalized spacial score (nSPS) is 11.7. The Balaban J connectivity index is 2.88. The van der Waals surface area contributed by atoms with Crippen LogP contribution in [0.2, 0.25) is 0 Å². The van der Waals surface area contributed by atoms with Crippen LogP contribution in [-0.4, -0.2) is 25.4 Å². The van der Waals surface area contributed by atoms with Gasteiger partial charge in [-0.15, -0.1) is 0 Å². The topological polar surface area (TPSA) is 41.5 Å². The molecule has 102 valence electrons. The highest BCUT2D eigenvalue weighted by Crippen LogP contribution is 2.29. The van der Waals surface area contributed by atoms with E-state index in [1.54, 1.807) is 7.11 Å². The van der Waals surface area contributed by atoms with Gasteiger partial charge in [0.05, 0.1) is 12.8 Å². The van der Waals surface area contributed by atoms with E-state index < -0.39 is 0 Å². The van der Waals surface area contributed by atoms with Gasteiger partial charge in [-0.25, -0.2) is 0 Å². The van der Waals surface area contributed by atoms with Gasteiger partial charge in [-0.05, 0) is 23.6 Å². The molecule has 0 spiro atoms. The highest BCUT2D eigenvalue weighted by molar-refractivity contribution is 5.58.